The van der Waals surface area contributed by atoms with E-state index in [1.165, 1.54) is 0 Å². The fourth-order valence-corrected chi connectivity index (χ4v) is 2.81. The molecule has 2 N–H and O–H groups in total. The molecule has 0 spiro atoms. The third kappa shape index (κ3) is 3.87. The summed E-state index contributed by atoms with van der Waals surface area (Å²) in [5, 5.41) is 19.7. The number of aromatic nitrogens is 2. The summed E-state index contributed by atoms with van der Waals surface area (Å²) in [4.78, 5) is 6.48. The summed E-state index contributed by atoms with van der Waals surface area (Å²) in [5.74, 6) is 0. The van der Waals surface area contributed by atoms with E-state index in [0.29, 0.717) is 28.8 Å². The number of halogens is 2. The van der Waals surface area contributed by atoms with Gasteiger partial charge in [0.25, 0.3) is 0 Å². The molecule has 0 aromatic carbocycles. The Labute approximate surface area is 133 Å². The Hall–Kier alpha value is -0.850. The molecule has 0 aliphatic heterocycles. The number of imidazole rings is 1. The molecule has 2 rings (SSSR count). The second kappa shape index (κ2) is 6.50. The van der Waals surface area contributed by atoms with Crippen LogP contribution < -0.4 is 0 Å². The summed E-state index contributed by atoms with van der Waals surface area (Å²) in [7, 11) is 1.92. The van der Waals surface area contributed by atoms with E-state index in [2.05, 4.69) is 4.98 Å². The zero-order chi connectivity index (χ0) is 15.6. The first kappa shape index (κ1) is 16.5. The van der Waals surface area contributed by atoms with E-state index < -0.39 is 5.41 Å². The SMILES string of the molecule is CN(Cc1cn2cc(Cl)cc(Cl)c2n1)CC(C)(CO)CO. The predicted octanol–water partition coefficient (Wildman–Crippen LogP) is 2.06. The Balaban J connectivity index is 2.15. The highest BCUT2D eigenvalue weighted by Gasteiger charge is 2.24. The summed E-state index contributed by atoms with van der Waals surface area (Å²) in [5.41, 5.74) is 0.978. The van der Waals surface area contributed by atoms with Gasteiger partial charge in [-0.05, 0) is 13.1 Å². The van der Waals surface area contributed by atoms with E-state index in [4.69, 9.17) is 23.2 Å². The maximum absolute atomic E-state index is 9.34. The highest BCUT2D eigenvalue weighted by Crippen LogP contribution is 2.22. The first-order valence-corrected chi connectivity index (χ1v) is 7.35. The molecule has 0 amide bonds. The van der Waals surface area contributed by atoms with Gasteiger partial charge in [-0.15, -0.1) is 0 Å². The largest absolute Gasteiger partial charge is 0.396 e. The number of aliphatic hydroxyl groups excluding tert-OH is 2. The molecule has 7 heteroatoms. The van der Waals surface area contributed by atoms with Gasteiger partial charge in [0.2, 0.25) is 0 Å². The number of rotatable bonds is 6. The molecule has 2 heterocycles. The normalized spacial score (nSPS) is 12.5. The van der Waals surface area contributed by atoms with Crippen molar-refractivity contribution in [2.45, 2.75) is 13.5 Å². The Morgan fingerprint density at radius 1 is 1.29 bits per heavy atom. The third-order valence-corrected chi connectivity index (χ3v) is 3.85. The Bertz CT molecular complexity index is 626. The molecular formula is C14H19Cl2N3O2. The van der Waals surface area contributed by atoms with Crippen LogP contribution in [0.2, 0.25) is 10.0 Å². The molecule has 5 nitrogen and oxygen atoms in total. The Kier molecular flexibility index (Phi) is 5.11. The van der Waals surface area contributed by atoms with Crippen molar-refractivity contribution in [3.8, 4) is 0 Å². The Morgan fingerprint density at radius 3 is 2.57 bits per heavy atom. The second-order valence-corrected chi connectivity index (χ2v) is 6.61. The zero-order valence-corrected chi connectivity index (χ0v) is 13.6. The van der Waals surface area contributed by atoms with Crippen LogP contribution in [0, 0.1) is 5.41 Å². The van der Waals surface area contributed by atoms with E-state index in [-0.39, 0.29) is 13.2 Å². The third-order valence-electron chi connectivity index (χ3n) is 3.37. The Morgan fingerprint density at radius 2 is 1.95 bits per heavy atom. The van der Waals surface area contributed by atoms with Crippen molar-refractivity contribution in [3.63, 3.8) is 0 Å². The van der Waals surface area contributed by atoms with E-state index >= 15 is 0 Å². The van der Waals surface area contributed by atoms with E-state index in [9.17, 15) is 10.2 Å². The van der Waals surface area contributed by atoms with Crippen molar-refractivity contribution in [1.82, 2.24) is 14.3 Å². The molecule has 2 aromatic rings. The molecular weight excluding hydrogens is 313 g/mol. The molecule has 0 saturated heterocycles. The van der Waals surface area contributed by atoms with Crippen LogP contribution in [0.4, 0.5) is 0 Å². The van der Waals surface area contributed by atoms with Crippen LogP contribution in [-0.4, -0.2) is 51.3 Å². The first-order chi connectivity index (χ1) is 9.86. The lowest BCUT2D eigenvalue weighted by atomic mass is 9.92. The number of pyridine rings is 1. The molecule has 0 fully saturated rings. The summed E-state index contributed by atoms with van der Waals surface area (Å²) in [6, 6.07) is 1.66. The van der Waals surface area contributed by atoms with E-state index in [0.717, 1.165) is 5.69 Å². The van der Waals surface area contributed by atoms with Gasteiger partial charge in [-0.3, -0.25) is 4.90 Å². The standard InChI is InChI=1S/C14H19Cl2N3O2/c1-14(8-20,9-21)7-18(2)5-11-6-19-4-10(15)3-12(16)13(19)17-11/h3-4,6,20-21H,5,7-9H2,1-2H3. The molecule has 0 saturated carbocycles. The van der Waals surface area contributed by atoms with Gasteiger partial charge in [-0.25, -0.2) is 4.98 Å². The summed E-state index contributed by atoms with van der Waals surface area (Å²) in [6.45, 7) is 2.85. The number of aliphatic hydroxyl groups is 2. The molecule has 0 bridgehead atoms. The average Bonchev–Trinajstić information content (AvgIpc) is 2.80. The molecule has 0 aliphatic carbocycles. The van der Waals surface area contributed by atoms with Crippen molar-refractivity contribution in [1.29, 1.82) is 0 Å². The van der Waals surface area contributed by atoms with Crippen LogP contribution in [-0.2, 0) is 6.54 Å². The zero-order valence-electron chi connectivity index (χ0n) is 12.1. The van der Waals surface area contributed by atoms with Gasteiger partial charge in [-0.2, -0.15) is 0 Å². The van der Waals surface area contributed by atoms with Crippen molar-refractivity contribution in [2.24, 2.45) is 5.41 Å². The summed E-state index contributed by atoms with van der Waals surface area (Å²) in [6.07, 6.45) is 3.63. The fraction of sp³-hybridized carbons (Fsp3) is 0.500. The van der Waals surface area contributed by atoms with Gasteiger partial charge in [0.15, 0.2) is 5.65 Å². The molecule has 21 heavy (non-hydrogen) atoms. The van der Waals surface area contributed by atoms with Crippen molar-refractivity contribution < 1.29 is 10.2 Å². The fourth-order valence-electron chi connectivity index (χ4n) is 2.29. The van der Waals surface area contributed by atoms with Crippen LogP contribution in [0.15, 0.2) is 18.5 Å². The van der Waals surface area contributed by atoms with Crippen LogP contribution in [0.5, 0.6) is 0 Å². The number of nitrogens with zero attached hydrogens (tertiary/aromatic N) is 3. The van der Waals surface area contributed by atoms with Gasteiger partial charge in [0.05, 0.1) is 29.0 Å². The first-order valence-electron chi connectivity index (χ1n) is 6.60. The molecule has 116 valence electrons. The topological polar surface area (TPSA) is 61.0 Å². The molecule has 0 unspecified atom stereocenters. The number of hydrogen-bond donors (Lipinski definition) is 2. The van der Waals surface area contributed by atoms with Crippen LogP contribution in [0.25, 0.3) is 5.65 Å². The van der Waals surface area contributed by atoms with Gasteiger partial charge < -0.3 is 14.6 Å². The lowest BCUT2D eigenvalue weighted by Gasteiger charge is -2.29. The predicted molar refractivity (Wildman–Crippen MR) is 83.8 cm³/mol. The number of fused-ring (bicyclic) bond motifs is 1. The van der Waals surface area contributed by atoms with Gasteiger partial charge in [0.1, 0.15) is 0 Å². The quantitative estimate of drug-likeness (QED) is 0.850. The van der Waals surface area contributed by atoms with Crippen LogP contribution in [0.1, 0.15) is 12.6 Å². The maximum atomic E-state index is 9.34. The molecule has 0 aliphatic rings. The van der Waals surface area contributed by atoms with Crippen molar-refractivity contribution in [2.75, 3.05) is 26.8 Å². The lowest BCUT2D eigenvalue weighted by Crippen LogP contribution is -2.38. The van der Waals surface area contributed by atoms with Crippen LogP contribution in [0.3, 0.4) is 0 Å². The minimum atomic E-state index is -0.533. The smallest absolute Gasteiger partial charge is 0.156 e. The summed E-state index contributed by atoms with van der Waals surface area (Å²) < 4.78 is 1.80. The lowest BCUT2D eigenvalue weighted by molar-refractivity contribution is 0.0399. The van der Waals surface area contributed by atoms with Crippen LogP contribution >= 0.6 is 23.2 Å². The maximum Gasteiger partial charge on any atom is 0.156 e. The number of hydrogen-bond acceptors (Lipinski definition) is 4. The van der Waals surface area contributed by atoms with Crippen molar-refractivity contribution >= 4 is 28.8 Å². The highest BCUT2D eigenvalue weighted by atomic mass is 35.5. The van der Waals surface area contributed by atoms with Gasteiger partial charge in [-0.1, -0.05) is 30.1 Å². The molecule has 2 aromatic heterocycles. The van der Waals surface area contributed by atoms with Gasteiger partial charge >= 0.3 is 0 Å². The molecule has 0 atom stereocenters. The summed E-state index contributed by atoms with van der Waals surface area (Å²) >= 11 is 12.1. The molecule has 0 radical (unpaired) electrons. The minimum absolute atomic E-state index is 0.0690. The van der Waals surface area contributed by atoms with Crippen molar-refractivity contribution in [3.05, 3.63) is 34.2 Å². The monoisotopic (exact) mass is 331 g/mol. The minimum Gasteiger partial charge on any atom is -0.396 e. The highest BCUT2D eigenvalue weighted by molar-refractivity contribution is 6.36. The second-order valence-electron chi connectivity index (χ2n) is 5.77. The average molecular weight is 332 g/mol. The van der Waals surface area contributed by atoms with E-state index in [1.54, 1.807) is 16.7 Å². The van der Waals surface area contributed by atoms with E-state index in [1.807, 2.05) is 25.1 Å². The van der Waals surface area contributed by atoms with Gasteiger partial charge in [0, 0.05) is 30.9 Å².